The van der Waals surface area contributed by atoms with Crippen molar-refractivity contribution < 1.29 is 4.74 Å². The molecule has 0 atom stereocenters. The molecule has 106 valence electrons. The summed E-state index contributed by atoms with van der Waals surface area (Å²) in [4.78, 5) is 4.34. The minimum absolute atomic E-state index is 0.477. The summed E-state index contributed by atoms with van der Waals surface area (Å²) in [6.07, 6.45) is 7.35. The van der Waals surface area contributed by atoms with Crippen molar-refractivity contribution in [3.8, 4) is 0 Å². The molecule has 1 heterocycles. The maximum absolute atomic E-state index is 5.99. The van der Waals surface area contributed by atoms with Crippen LogP contribution in [0.3, 0.4) is 0 Å². The lowest BCUT2D eigenvalue weighted by molar-refractivity contribution is 0.0659. The van der Waals surface area contributed by atoms with Gasteiger partial charge in [0.2, 0.25) is 0 Å². The van der Waals surface area contributed by atoms with Crippen LogP contribution in [-0.2, 0) is 4.74 Å². The first kappa shape index (κ1) is 13.7. The Morgan fingerprint density at radius 1 is 1.25 bits per heavy atom. The first-order valence-corrected chi connectivity index (χ1v) is 7.60. The minimum atomic E-state index is 0.477. The molecule has 1 saturated carbocycles. The summed E-state index contributed by atoms with van der Waals surface area (Å²) in [6, 6.07) is 7.78. The highest BCUT2D eigenvalue weighted by Gasteiger charge is 2.14. The van der Waals surface area contributed by atoms with Crippen LogP contribution in [0.5, 0.6) is 0 Å². The maximum Gasteiger partial charge on any atom is 0.0737 e. The predicted octanol–water partition coefficient (Wildman–Crippen LogP) is 4.26. The number of hydrogen-bond donors (Lipinski definition) is 1. The number of halogens is 1. The van der Waals surface area contributed by atoms with Crippen molar-refractivity contribution in [3.05, 3.63) is 35.5 Å². The van der Waals surface area contributed by atoms with Gasteiger partial charge in [0.15, 0.2) is 0 Å². The van der Waals surface area contributed by atoms with Gasteiger partial charge in [0, 0.05) is 28.8 Å². The number of rotatable bonds is 5. The molecule has 2 aromatic rings. The zero-order chi connectivity index (χ0) is 13.8. The molecule has 0 radical (unpaired) electrons. The Bertz CT molecular complexity index is 582. The topological polar surface area (TPSA) is 34.1 Å². The Labute approximate surface area is 124 Å². The molecule has 0 aliphatic heterocycles. The third-order valence-corrected chi connectivity index (χ3v) is 4.01. The molecule has 1 aliphatic rings. The fraction of sp³-hybridized carbons (Fsp3) is 0.438. The fourth-order valence-corrected chi connectivity index (χ4v) is 2.91. The highest BCUT2D eigenvalue weighted by atomic mass is 35.5. The van der Waals surface area contributed by atoms with Gasteiger partial charge in [0.05, 0.1) is 18.2 Å². The number of benzene rings is 1. The van der Waals surface area contributed by atoms with Gasteiger partial charge < -0.3 is 10.1 Å². The smallest absolute Gasteiger partial charge is 0.0737 e. The number of hydrogen-bond acceptors (Lipinski definition) is 3. The molecule has 1 fully saturated rings. The molecule has 0 amide bonds. The summed E-state index contributed by atoms with van der Waals surface area (Å²) in [5.41, 5.74) is 2.00. The summed E-state index contributed by atoms with van der Waals surface area (Å²) < 4.78 is 5.86. The molecule has 0 unspecified atom stereocenters. The van der Waals surface area contributed by atoms with Gasteiger partial charge >= 0.3 is 0 Å². The Hall–Kier alpha value is -1.32. The van der Waals surface area contributed by atoms with E-state index in [4.69, 9.17) is 16.3 Å². The molecule has 1 N–H and O–H groups in total. The quantitative estimate of drug-likeness (QED) is 0.836. The summed E-state index contributed by atoms with van der Waals surface area (Å²) in [7, 11) is 0. The van der Waals surface area contributed by atoms with E-state index in [0.717, 1.165) is 29.7 Å². The maximum atomic E-state index is 5.99. The van der Waals surface area contributed by atoms with Crippen molar-refractivity contribution in [2.75, 3.05) is 18.5 Å². The van der Waals surface area contributed by atoms with E-state index in [2.05, 4.69) is 10.3 Å². The van der Waals surface area contributed by atoms with E-state index in [0.29, 0.717) is 11.1 Å². The van der Waals surface area contributed by atoms with Gasteiger partial charge in [-0.15, -0.1) is 0 Å². The number of ether oxygens (including phenoxy) is 1. The number of aromatic nitrogens is 1. The van der Waals surface area contributed by atoms with Crippen molar-refractivity contribution in [1.82, 2.24) is 4.98 Å². The van der Waals surface area contributed by atoms with Crippen LogP contribution in [-0.4, -0.2) is 24.2 Å². The van der Waals surface area contributed by atoms with Gasteiger partial charge in [-0.2, -0.15) is 0 Å². The Morgan fingerprint density at radius 3 is 2.95 bits per heavy atom. The molecule has 3 nitrogen and oxygen atoms in total. The lowest BCUT2D eigenvalue weighted by Gasteiger charge is -2.13. The highest BCUT2D eigenvalue weighted by molar-refractivity contribution is 6.31. The Kier molecular flexibility index (Phi) is 4.38. The fourth-order valence-electron chi connectivity index (χ4n) is 2.74. The number of nitrogens with zero attached hydrogens (tertiary/aromatic N) is 1. The highest BCUT2D eigenvalue weighted by Crippen LogP contribution is 2.24. The van der Waals surface area contributed by atoms with Crippen molar-refractivity contribution in [1.29, 1.82) is 0 Å². The van der Waals surface area contributed by atoms with E-state index in [-0.39, 0.29) is 0 Å². The number of anilines is 1. The zero-order valence-electron chi connectivity index (χ0n) is 11.4. The molecule has 0 spiro atoms. The summed E-state index contributed by atoms with van der Waals surface area (Å²) in [5, 5.41) is 5.23. The van der Waals surface area contributed by atoms with Crippen molar-refractivity contribution in [2.45, 2.75) is 31.8 Å². The SMILES string of the molecule is Clc1ccc2c(NCCOC3CCCC3)ccnc2c1. The van der Waals surface area contributed by atoms with Gasteiger partial charge in [-0.05, 0) is 37.1 Å². The van der Waals surface area contributed by atoms with Crippen LogP contribution in [0.15, 0.2) is 30.5 Å². The van der Waals surface area contributed by atoms with E-state index in [1.165, 1.54) is 25.7 Å². The van der Waals surface area contributed by atoms with Crippen LogP contribution in [0.4, 0.5) is 5.69 Å². The molecular weight excluding hydrogens is 272 g/mol. The second-order valence-electron chi connectivity index (χ2n) is 5.22. The van der Waals surface area contributed by atoms with Crippen LogP contribution in [0.2, 0.25) is 5.02 Å². The van der Waals surface area contributed by atoms with Gasteiger partial charge in [-0.25, -0.2) is 0 Å². The van der Waals surface area contributed by atoms with Crippen molar-refractivity contribution in [2.24, 2.45) is 0 Å². The van der Waals surface area contributed by atoms with Crippen LogP contribution in [0.25, 0.3) is 10.9 Å². The zero-order valence-corrected chi connectivity index (χ0v) is 12.2. The molecule has 4 heteroatoms. The van der Waals surface area contributed by atoms with Crippen LogP contribution in [0, 0.1) is 0 Å². The lowest BCUT2D eigenvalue weighted by Crippen LogP contribution is -2.15. The van der Waals surface area contributed by atoms with E-state index in [9.17, 15) is 0 Å². The number of fused-ring (bicyclic) bond motifs is 1. The summed E-state index contributed by atoms with van der Waals surface area (Å²) in [5.74, 6) is 0. The monoisotopic (exact) mass is 290 g/mol. The van der Waals surface area contributed by atoms with Crippen LogP contribution in [0.1, 0.15) is 25.7 Å². The molecule has 1 aliphatic carbocycles. The summed E-state index contributed by atoms with van der Waals surface area (Å²) >= 11 is 5.99. The van der Waals surface area contributed by atoms with Crippen LogP contribution >= 0.6 is 11.6 Å². The lowest BCUT2D eigenvalue weighted by atomic mass is 10.2. The third-order valence-electron chi connectivity index (χ3n) is 3.78. The van der Waals surface area contributed by atoms with E-state index < -0.39 is 0 Å². The number of pyridine rings is 1. The third kappa shape index (κ3) is 3.22. The van der Waals surface area contributed by atoms with E-state index in [1.54, 1.807) is 6.20 Å². The largest absolute Gasteiger partial charge is 0.382 e. The van der Waals surface area contributed by atoms with Gasteiger partial charge in [0.25, 0.3) is 0 Å². The first-order chi connectivity index (χ1) is 9.83. The Morgan fingerprint density at radius 2 is 2.10 bits per heavy atom. The second-order valence-corrected chi connectivity index (χ2v) is 5.66. The van der Waals surface area contributed by atoms with E-state index in [1.807, 2.05) is 24.3 Å². The Balaban J connectivity index is 1.59. The van der Waals surface area contributed by atoms with Gasteiger partial charge in [-0.3, -0.25) is 4.98 Å². The predicted molar refractivity (Wildman–Crippen MR) is 83.5 cm³/mol. The minimum Gasteiger partial charge on any atom is -0.382 e. The molecule has 1 aromatic carbocycles. The van der Waals surface area contributed by atoms with E-state index >= 15 is 0 Å². The standard InChI is InChI=1S/C16H19ClN2O/c17-12-5-6-14-15(7-8-18-16(14)11-12)19-9-10-20-13-3-1-2-4-13/h5-8,11,13H,1-4,9-10H2,(H,18,19). The van der Waals surface area contributed by atoms with Crippen molar-refractivity contribution in [3.63, 3.8) is 0 Å². The average Bonchev–Trinajstić information content (AvgIpc) is 2.96. The molecule has 1 aromatic heterocycles. The molecular formula is C16H19ClN2O. The second kappa shape index (κ2) is 6.42. The van der Waals surface area contributed by atoms with Gasteiger partial charge in [-0.1, -0.05) is 24.4 Å². The molecule has 20 heavy (non-hydrogen) atoms. The van der Waals surface area contributed by atoms with Crippen LogP contribution < -0.4 is 5.32 Å². The summed E-state index contributed by atoms with van der Waals surface area (Å²) in [6.45, 7) is 1.57. The molecule has 3 rings (SSSR count). The average molecular weight is 291 g/mol. The normalized spacial score (nSPS) is 15.8. The molecule has 0 bridgehead atoms. The van der Waals surface area contributed by atoms with Gasteiger partial charge in [0.1, 0.15) is 0 Å². The molecule has 0 saturated heterocycles. The van der Waals surface area contributed by atoms with Crippen molar-refractivity contribution >= 4 is 28.2 Å². The first-order valence-electron chi connectivity index (χ1n) is 7.23. The number of nitrogens with one attached hydrogen (secondary N) is 1.